The number of ether oxygens (including phenoxy) is 2. The van der Waals surface area contributed by atoms with E-state index < -0.39 is 18.1 Å². The Morgan fingerprint density at radius 3 is 2.44 bits per heavy atom. The van der Waals surface area contributed by atoms with Gasteiger partial charge in [0.1, 0.15) is 11.8 Å². The molecule has 1 aromatic heterocycles. The Balaban J connectivity index is 1.35. The number of aromatic nitrogens is 1. The molecule has 0 saturated carbocycles. The average molecular weight is 524 g/mol. The van der Waals surface area contributed by atoms with Crippen molar-refractivity contribution in [2.45, 2.75) is 24.9 Å². The first kappa shape index (κ1) is 24.7. The molecule has 2 aliphatic rings. The highest BCUT2D eigenvalue weighted by molar-refractivity contribution is 5.97. The van der Waals surface area contributed by atoms with Crippen molar-refractivity contribution in [1.82, 2.24) is 14.8 Å². The Morgan fingerprint density at radius 2 is 1.72 bits per heavy atom. The molecule has 1 fully saturated rings. The maximum Gasteiger partial charge on any atom is 0.337 e. The summed E-state index contributed by atoms with van der Waals surface area (Å²) in [6.07, 6.45) is 1.09. The number of para-hydroxylation sites is 1. The molecule has 1 saturated heterocycles. The van der Waals surface area contributed by atoms with Gasteiger partial charge in [0.2, 0.25) is 11.8 Å². The molecule has 8 heteroatoms. The number of nitrogens with zero attached hydrogens (tertiary/aromatic N) is 2. The Kier molecular flexibility index (Phi) is 6.30. The zero-order chi connectivity index (χ0) is 27.1. The van der Waals surface area contributed by atoms with Crippen LogP contribution in [-0.4, -0.2) is 65.9 Å². The van der Waals surface area contributed by atoms with Gasteiger partial charge in [-0.3, -0.25) is 9.59 Å². The molecule has 2 atom stereocenters. The number of H-pyrrole nitrogens is 1. The molecule has 1 N–H and O–H groups in total. The standard InChI is InChI=1S/C31H29N3O5/c1-38-22-13-7-19(8-14-22)15-16-33-18-27(35)34-26(30(33)36)17-24-23-5-3-4-6-25(23)32-28(24)29(34)20-9-11-21(12-10-20)31(37)39-2/h3-14,26,29,32H,15-18H2,1-2H3/t26-,29-/m0/s1. The van der Waals surface area contributed by atoms with Crippen molar-refractivity contribution in [1.29, 1.82) is 0 Å². The van der Waals surface area contributed by atoms with E-state index in [1.165, 1.54) is 7.11 Å². The number of amides is 2. The van der Waals surface area contributed by atoms with Crippen molar-refractivity contribution in [3.05, 3.63) is 101 Å². The van der Waals surface area contributed by atoms with Crippen molar-refractivity contribution < 1.29 is 23.9 Å². The third-order valence-electron chi connectivity index (χ3n) is 7.82. The van der Waals surface area contributed by atoms with Crippen LogP contribution in [0.25, 0.3) is 10.9 Å². The van der Waals surface area contributed by atoms with E-state index >= 15 is 0 Å². The SMILES string of the molecule is COC(=O)c1ccc([C@H]2c3[nH]c4ccccc4c3C[C@H]3C(=O)N(CCc4ccc(OC)cc4)CC(=O)N23)cc1. The molecule has 3 aromatic carbocycles. The lowest BCUT2D eigenvalue weighted by molar-refractivity contribution is -0.158. The predicted molar refractivity (Wildman–Crippen MR) is 146 cm³/mol. The van der Waals surface area contributed by atoms with Gasteiger partial charge < -0.3 is 24.3 Å². The van der Waals surface area contributed by atoms with E-state index in [1.54, 1.807) is 29.0 Å². The first-order chi connectivity index (χ1) is 19.0. The fourth-order valence-corrected chi connectivity index (χ4v) is 5.83. The number of carbonyl (C=O) groups is 3. The van der Waals surface area contributed by atoms with E-state index in [1.807, 2.05) is 60.7 Å². The zero-order valence-corrected chi connectivity index (χ0v) is 21.8. The van der Waals surface area contributed by atoms with Crippen molar-refractivity contribution in [3.8, 4) is 5.75 Å². The highest BCUT2D eigenvalue weighted by Gasteiger charge is 2.48. The van der Waals surface area contributed by atoms with Gasteiger partial charge in [0, 0.05) is 29.6 Å². The number of benzene rings is 3. The molecule has 8 nitrogen and oxygen atoms in total. The number of esters is 1. The van der Waals surface area contributed by atoms with Gasteiger partial charge in [0.15, 0.2) is 0 Å². The van der Waals surface area contributed by atoms with Crippen LogP contribution >= 0.6 is 0 Å². The number of piperazine rings is 1. The van der Waals surface area contributed by atoms with Crippen molar-refractivity contribution in [2.75, 3.05) is 27.3 Å². The lowest BCUT2D eigenvalue weighted by Crippen LogP contribution is -2.63. The number of hydrogen-bond donors (Lipinski definition) is 1. The van der Waals surface area contributed by atoms with Crippen LogP contribution in [-0.2, 0) is 27.2 Å². The van der Waals surface area contributed by atoms with Gasteiger partial charge in [-0.2, -0.15) is 0 Å². The van der Waals surface area contributed by atoms with Crippen molar-refractivity contribution in [3.63, 3.8) is 0 Å². The summed E-state index contributed by atoms with van der Waals surface area (Å²) in [5.41, 5.74) is 5.25. The lowest BCUT2D eigenvalue weighted by Gasteiger charge is -2.47. The fourth-order valence-electron chi connectivity index (χ4n) is 5.83. The minimum Gasteiger partial charge on any atom is -0.497 e. The van der Waals surface area contributed by atoms with Crippen LogP contribution in [0.15, 0.2) is 72.8 Å². The third-order valence-corrected chi connectivity index (χ3v) is 7.82. The van der Waals surface area contributed by atoms with Crippen LogP contribution in [0.5, 0.6) is 5.75 Å². The molecule has 0 aliphatic carbocycles. The lowest BCUT2D eigenvalue weighted by atomic mass is 9.86. The predicted octanol–water partition coefficient (Wildman–Crippen LogP) is 3.89. The van der Waals surface area contributed by atoms with Crippen LogP contribution in [0.1, 0.15) is 38.8 Å². The van der Waals surface area contributed by atoms with Gasteiger partial charge in [0.25, 0.3) is 0 Å². The Labute approximate surface area is 226 Å². The molecule has 39 heavy (non-hydrogen) atoms. The number of aromatic amines is 1. The summed E-state index contributed by atoms with van der Waals surface area (Å²) >= 11 is 0. The molecule has 198 valence electrons. The molecule has 0 radical (unpaired) electrons. The molecule has 4 aromatic rings. The minimum absolute atomic E-state index is 0.0256. The van der Waals surface area contributed by atoms with Gasteiger partial charge in [-0.15, -0.1) is 0 Å². The molecular formula is C31H29N3O5. The van der Waals surface area contributed by atoms with Crippen LogP contribution < -0.4 is 4.74 Å². The van der Waals surface area contributed by atoms with E-state index in [-0.39, 0.29) is 18.4 Å². The van der Waals surface area contributed by atoms with E-state index in [0.717, 1.165) is 39.0 Å². The summed E-state index contributed by atoms with van der Waals surface area (Å²) in [4.78, 5) is 46.6. The zero-order valence-electron chi connectivity index (χ0n) is 21.8. The van der Waals surface area contributed by atoms with Crippen LogP contribution in [0.2, 0.25) is 0 Å². The number of fused-ring (bicyclic) bond motifs is 4. The highest BCUT2D eigenvalue weighted by atomic mass is 16.5. The average Bonchev–Trinajstić information content (AvgIpc) is 3.35. The number of nitrogens with one attached hydrogen (secondary N) is 1. The molecule has 0 spiro atoms. The van der Waals surface area contributed by atoms with Crippen LogP contribution in [0, 0.1) is 0 Å². The maximum atomic E-state index is 13.9. The van der Waals surface area contributed by atoms with Gasteiger partial charge in [0.05, 0.1) is 32.4 Å². The Morgan fingerprint density at radius 1 is 0.974 bits per heavy atom. The van der Waals surface area contributed by atoms with Gasteiger partial charge in [-0.1, -0.05) is 42.5 Å². The first-order valence-corrected chi connectivity index (χ1v) is 13.0. The van der Waals surface area contributed by atoms with Crippen LogP contribution in [0.4, 0.5) is 0 Å². The van der Waals surface area contributed by atoms with E-state index in [9.17, 15) is 14.4 Å². The highest BCUT2D eigenvalue weighted by Crippen LogP contribution is 2.42. The molecule has 2 aliphatic heterocycles. The van der Waals surface area contributed by atoms with Gasteiger partial charge >= 0.3 is 5.97 Å². The first-order valence-electron chi connectivity index (χ1n) is 13.0. The van der Waals surface area contributed by atoms with Crippen LogP contribution in [0.3, 0.4) is 0 Å². The molecular weight excluding hydrogens is 494 g/mol. The molecule has 0 bridgehead atoms. The monoisotopic (exact) mass is 523 g/mol. The van der Waals surface area contributed by atoms with E-state index in [2.05, 4.69) is 4.98 Å². The van der Waals surface area contributed by atoms with Crippen molar-refractivity contribution in [2.24, 2.45) is 0 Å². The molecule has 0 unspecified atom stereocenters. The molecule has 6 rings (SSSR count). The summed E-state index contributed by atoms with van der Waals surface area (Å²) in [5.74, 6) is 0.211. The van der Waals surface area contributed by atoms with Gasteiger partial charge in [-0.05, 0) is 53.4 Å². The molecule has 3 heterocycles. The topological polar surface area (TPSA) is 91.9 Å². The normalized spacial score (nSPS) is 18.6. The van der Waals surface area contributed by atoms with E-state index in [0.29, 0.717) is 24.9 Å². The second kappa shape index (κ2) is 9.94. The Bertz CT molecular complexity index is 1560. The summed E-state index contributed by atoms with van der Waals surface area (Å²) in [5, 5.41) is 1.05. The number of methoxy groups -OCH3 is 2. The largest absolute Gasteiger partial charge is 0.497 e. The van der Waals surface area contributed by atoms with Crippen molar-refractivity contribution >= 4 is 28.7 Å². The summed E-state index contributed by atoms with van der Waals surface area (Å²) in [6.45, 7) is 0.484. The summed E-state index contributed by atoms with van der Waals surface area (Å²) < 4.78 is 10.1. The molecule has 2 amide bonds. The second-order valence-corrected chi connectivity index (χ2v) is 9.96. The number of carbonyl (C=O) groups excluding carboxylic acids is 3. The second-order valence-electron chi connectivity index (χ2n) is 9.96. The number of hydrogen-bond acceptors (Lipinski definition) is 5. The third kappa shape index (κ3) is 4.31. The smallest absolute Gasteiger partial charge is 0.337 e. The maximum absolute atomic E-state index is 13.9. The number of rotatable bonds is 6. The van der Waals surface area contributed by atoms with Gasteiger partial charge in [-0.25, -0.2) is 4.79 Å². The Hall–Kier alpha value is -4.59. The fraction of sp³-hybridized carbons (Fsp3) is 0.258. The minimum atomic E-state index is -0.612. The quantitative estimate of drug-likeness (QED) is 0.387. The summed E-state index contributed by atoms with van der Waals surface area (Å²) in [7, 11) is 2.97. The summed E-state index contributed by atoms with van der Waals surface area (Å²) in [6, 6.07) is 21.8. The van der Waals surface area contributed by atoms with E-state index in [4.69, 9.17) is 9.47 Å².